The molecular weight excluding hydrogens is 497 g/mol. The fourth-order valence-corrected chi connectivity index (χ4v) is 3.71. The van der Waals surface area contributed by atoms with Crippen LogP contribution in [-0.2, 0) is 6.11 Å². The van der Waals surface area contributed by atoms with Gasteiger partial charge in [0, 0.05) is 17.2 Å². The molecule has 0 N–H and O–H groups in total. The summed E-state index contributed by atoms with van der Waals surface area (Å²) in [6.45, 7) is 1.85. The first-order chi connectivity index (χ1) is 16.5. The lowest BCUT2D eigenvalue weighted by Crippen LogP contribution is -2.23. The summed E-state index contributed by atoms with van der Waals surface area (Å²) < 4.78 is 104. The van der Waals surface area contributed by atoms with E-state index in [0.717, 1.165) is 23.8 Å². The van der Waals surface area contributed by atoms with Crippen molar-refractivity contribution in [1.29, 1.82) is 0 Å². The van der Waals surface area contributed by atoms with Crippen molar-refractivity contribution in [3.05, 3.63) is 112 Å². The quantitative estimate of drug-likeness (QED) is 0.192. The van der Waals surface area contributed by atoms with E-state index in [2.05, 4.69) is 4.74 Å². The molecule has 0 heterocycles. The van der Waals surface area contributed by atoms with Crippen molar-refractivity contribution in [2.24, 2.45) is 0 Å². The second-order valence-corrected chi connectivity index (χ2v) is 8.05. The number of ether oxygens (including phenoxy) is 1. The van der Waals surface area contributed by atoms with Gasteiger partial charge in [-0.25, -0.2) is 22.0 Å². The number of benzene rings is 4. The molecule has 180 valence electrons. The first-order valence-electron chi connectivity index (χ1n) is 10.0. The molecule has 0 aliphatic heterocycles. The topological polar surface area (TPSA) is 9.23 Å². The van der Waals surface area contributed by atoms with Crippen LogP contribution in [0.3, 0.4) is 0 Å². The zero-order chi connectivity index (χ0) is 25.5. The lowest BCUT2D eigenvalue weighted by Gasteiger charge is -2.20. The van der Waals surface area contributed by atoms with Crippen LogP contribution in [0.15, 0.2) is 66.7 Å². The van der Waals surface area contributed by atoms with Crippen molar-refractivity contribution >= 4 is 11.6 Å². The van der Waals surface area contributed by atoms with Crippen molar-refractivity contribution in [3.8, 4) is 28.0 Å². The highest BCUT2D eigenvalue weighted by molar-refractivity contribution is 6.33. The van der Waals surface area contributed by atoms with Crippen molar-refractivity contribution in [2.75, 3.05) is 0 Å². The maximum atomic E-state index is 14.8. The Balaban J connectivity index is 1.63. The molecule has 4 rings (SSSR count). The summed E-state index contributed by atoms with van der Waals surface area (Å²) in [5, 5.41) is -0.545. The highest BCUT2D eigenvalue weighted by atomic mass is 35.5. The Kier molecular flexibility index (Phi) is 6.51. The minimum absolute atomic E-state index is 0.192. The van der Waals surface area contributed by atoms with Crippen LogP contribution in [0.4, 0.5) is 30.7 Å². The highest BCUT2D eigenvalue weighted by Crippen LogP contribution is 2.40. The predicted molar refractivity (Wildman–Crippen MR) is 118 cm³/mol. The normalized spacial score (nSPS) is 11.6. The monoisotopic (exact) mass is 510 g/mol. The third-order valence-corrected chi connectivity index (χ3v) is 5.61. The molecule has 0 radical (unpaired) electrons. The third kappa shape index (κ3) is 4.84. The molecular formula is C26H14ClF7O. The van der Waals surface area contributed by atoms with Crippen LogP contribution in [0.5, 0.6) is 5.75 Å². The van der Waals surface area contributed by atoms with Gasteiger partial charge < -0.3 is 4.74 Å². The van der Waals surface area contributed by atoms with Gasteiger partial charge in [-0.1, -0.05) is 47.5 Å². The molecule has 4 aromatic rings. The summed E-state index contributed by atoms with van der Waals surface area (Å²) in [4.78, 5) is 0. The first kappa shape index (κ1) is 24.6. The number of alkyl halides is 2. The van der Waals surface area contributed by atoms with Crippen LogP contribution in [0.25, 0.3) is 22.3 Å². The van der Waals surface area contributed by atoms with Gasteiger partial charge in [0.1, 0.15) is 17.1 Å². The van der Waals surface area contributed by atoms with E-state index in [1.54, 1.807) is 24.3 Å². The predicted octanol–water partition coefficient (Wildman–Crippen LogP) is 8.81. The standard InChI is InChI=1S/C26H14ClF7O/c1-13-2-4-14(5-3-13)18-8-9-19(24(31)23(18)27)26(33,34)35-16-6-7-17(20(28)12-16)15-10-21(29)25(32)22(30)11-15/h2-12H,1H3. The molecule has 0 aliphatic rings. The zero-order valence-corrected chi connectivity index (χ0v) is 18.5. The van der Waals surface area contributed by atoms with Gasteiger partial charge in [-0.2, -0.15) is 8.78 Å². The Morgan fingerprint density at radius 1 is 0.657 bits per heavy atom. The molecule has 0 saturated heterocycles. The Hall–Kier alpha value is -3.52. The molecule has 0 atom stereocenters. The van der Waals surface area contributed by atoms with Gasteiger partial charge in [0.2, 0.25) is 0 Å². The van der Waals surface area contributed by atoms with Crippen molar-refractivity contribution in [1.82, 2.24) is 0 Å². The Bertz CT molecular complexity index is 1400. The second-order valence-electron chi connectivity index (χ2n) is 7.67. The molecule has 35 heavy (non-hydrogen) atoms. The van der Waals surface area contributed by atoms with Gasteiger partial charge in [-0.15, -0.1) is 0 Å². The largest absolute Gasteiger partial charge is 0.429 e. The number of hydrogen-bond donors (Lipinski definition) is 0. The molecule has 0 aliphatic carbocycles. The van der Waals surface area contributed by atoms with E-state index >= 15 is 0 Å². The Labute approximate surface area is 200 Å². The van der Waals surface area contributed by atoms with E-state index in [0.29, 0.717) is 23.8 Å². The van der Waals surface area contributed by atoms with Crippen LogP contribution in [-0.4, -0.2) is 0 Å². The lowest BCUT2D eigenvalue weighted by molar-refractivity contribution is -0.187. The van der Waals surface area contributed by atoms with E-state index < -0.39 is 57.1 Å². The summed E-state index contributed by atoms with van der Waals surface area (Å²) in [7, 11) is 0. The SMILES string of the molecule is Cc1ccc(-c2ccc(C(F)(F)Oc3ccc(-c4cc(F)c(F)c(F)c4)c(F)c3)c(F)c2Cl)cc1. The number of hydrogen-bond acceptors (Lipinski definition) is 1. The molecule has 1 nitrogen and oxygen atoms in total. The number of rotatable bonds is 5. The molecule has 0 unspecified atom stereocenters. The van der Waals surface area contributed by atoms with Gasteiger partial charge in [-0.3, -0.25) is 0 Å². The van der Waals surface area contributed by atoms with E-state index in [1.165, 1.54) is 6.07 Å². The molecule has 0 spiro atoms. The van der Waals surface area contributed by atoms with Crippen molar-refractivity contribution in [3.63, 3.8) is 0 Å². The van der Waals surface area contributed by atoms with Gasteiger partial charge in [0.15, 0.2) is 23.3 Å². The average molecular weight is 511 g/mol. The molecule has 0 aromatic heterocycles. The van der Waals surface area contributed by atoms with E-state index in [1.807, 2.05) is 6.92 Å². The minimum Gasteiger partial charge on any atom is -0.429 e. The maximum absolute atomic E-state index is 14.8. The van der Waals surface area contributed by atoms with Crippen LogP contribution in [0, 0.1) is 36.0 Å². The minimum atomic E-state index is -4.25. The van der Waals surface area contributed by atoms with E-state index in [4.69, 9.17) is 11.6 Å². The molecule has 0 amide bonds. The summed E-state index contributed by atoms with van der Waals surface area (Å²) in [6, 6.07) is 12.3. The molecule has 4 aromatic carbocycles. The summed E-state index contributed by atoms with van der Waals surface area (Å²) >= 11 is 6.02. The van der Waals surface area contributed by atoms with Gasteiger partial charge in [-0.05, 0) is 48.4 Å². The van der Waals surface area contributed by atoms with Crippen LogP contribution in [0.2, 0.25) is 5.02 Å². The zero-order valence-electron chi connectivity index (χ0n) is 17.8. The fraction of sp³-hybridized carbons (Fsp3) is 0.0769. The molecule has 9 heteroatoms. The van der Waals surface area contributed by atoms with E-state index in [9.17, 15) is 30.7 Å². The van der Waals surface area contributed by atoms with Gasteiger partial charge in [0.05, 0.1) is 5.02 Å². The second kappa shape index (κ2) is 9.26. The van der Waals surface area contributed by atoms with Gasteiger partial charge >= 0.3 is 6.11 Å². The number of aryl methyl sites for hydroxylation is 1. The summed E-state index contributed by atoms with van der Waals surface area (Å²) in [5.41, 5.74) is -0.281. The molecule has 0 bridgehead atoms. The molecule has 0 fully saturated rings. The molecule has 0 saturated carbocycles. The van der Waals surface area contributed by atoms with Gasteiger partial charge in [0.25, 0.3) is 0 Å². The first-order valence-corrected chi connectivity index (χ1v) is 10.4. The fourth-order valence-electron chi connectivity index (χ4n) is 3.44. The van der Waals surface area contributed by atoms with Crippen molar-refractivity contribution < 1.29 is 35.5 Å². The Morgan fingerprint density at radius 3 is 1.86 bits per heavy atom. The Morgan fingerprint density at radius 2 is 1.26 bits per heavy atom. The van der Waals surface area contributed by atoms with E-state index in [-0.39, 0.29) is 11.1 Å². The number of halogens is 8. The summed E-state index contributed by atoms with van der Waals surface area (Å²) in [6.07, 6.45) is -4.25. The smallest absolute Gasteiger partial charge is 0.429 e. The van der Waals surface area contributed by atoms with Crippen LogP contribution < -0.4 is 4.74 Å². The van der Waals surface area contributed by atoms with Crippen molar-refractivity contribution in [2.45, 2.75) is 13.0 Å². The summed E-state index contributed by atoms with van der Waals surface area (Å²) in [5.74, 6) is -8.12. The maximum Gasteiger partial charge on any atom is 0.429 e. The van der Waals surface area contributed by atoms with Crippen LogP contribution in [0.1, 0.15) is 11.1 Å². The van der Waals surface area contributed by atoms with Crippen LogP contribution >= 0.6 is 11.6 Å². The average Bonchev–Trinajstić information content (AvgIpc) is 2.79. The highest BCUT2D eigenvalue weighted by Gasteiger charge is 2.39. The third-order valence-electron chi connectivity index (χ3n) is 5.24. The lowest BCUT2D eigenvalue weighted by atomic mass is 10.0.